The van der Waals surface area contributed by atoms with Gasteiger partial charge in [0, 0.05) is 10.9 Å². The van der Waals surface area contributed by atoms with Gasteiger partial charge in [-0.3, -0.25) is 4.79 Å². The molecule has 116 valence electrons. The SMILES string of the molecule is COc1ccc(NC(=O)CS[C@H]2CCS(=O)(=O)C2)cc1Cl. The van der Waals surface area contributed by atoms with Crippen LogP contribution in [0.25, 0.3) is 0 Å². The highest BCUT2D eigenvalue weighted by atomic mass is 35.5. The molecule has 1 amide bonds. The Hall–Kier alpha value is -0.920. The first-order chi connectivity index (χ1) is 9.89. The molecule has 0 radical (unpaired) electrons. The molecule has 5 nitrogen and oxygen atoms in total. The molecule has 1 aliphatic heterocycles. The van der Waals surface area contributed by atoms with Crippen molar-refractivity contribution in [2.75, 3.05) is 29.7 Å². The minimum Gasteiger partial charge on any atom is -0.495 e. The van der Waals surface area contributed by atoms with Crippen LogP contribution in [0.5, 0.6) is 5.75 Å². The van der Waals surface area contributed by atoms with Gasteiger partial charge in [-0.2, -0.15) is 0 Å². The van der Waals surface area contributed by atoms with Crippen LogP contribution in [0.3, 0.4) is 0 Å². The molecule has 0 spiro atoms. The average molecular weight is 350 g/mol. The number of halogens is 1. The number of nitrogens with one attached hydrogen (secondary N) is 1. The highest BCUT2D eigenvalue weighted by Gasteiger charge is 2.28. The van der Waals surface area contributed by atoms with Crippen LogP contribution in [-0.4, -0.2) is 43.9 Å². The van der Waals surface area contributed by atoms with Crippen LogP contribution >= 0.6 is 23.4 Å². The normalized spacial score (nSPS) is 20.2. The van der Waals surface area contributed by atoms with Crippen molar-refractivity contribution in [1.82, 2.24) is 0 Å². The van der Waals surface area contributed by atoms with Gasteiger partial charge in [-0.1, -0.05) is 11.6 Å². The van der Waals surface area contributed by atoms with E-state index in [9.17, 15) is 13.2 Å². The van der Waals surface area contributed by atoms with E-state index in [4.69, 9.17) is 16.3 Å². The van der Waals surface area contributed by atoms with E-state index in [1.54, 1.807) is 18.2 Å². The molecule has 21 heavy (non-hydrogen) atoms. The standard InChI is InChI=1S/C13H16ClNO4S2/c1-19-12-3-2-9(6-11(12)14)15-13(16)7-20-10-4-5-21(17,18)8-10/h2-3,6,10H,4-5,7-8H2,1H3,(H,15,16)/t10-/m0/s1. The zero-order chi connectivity index (χ0) is 15.5. The summed E-state index contributed by atoms with van der Waals surface area (Å²) >= 11 is 7.35. The molecule has 1 heterocycles. The van der Waals surface area contributed by atoms with Gasteiger partial charge in [-0.15, -0.1) is 11.8 Å². The highest BCUT2D eigenvalue weighted by molar-refractivity contribution is 8.02. The van der Waals surface area contributed by atoms with E-state index in [-0.39, 0.29) is 28.4 Å². The minimum atomic E-state index is -2.90. The lowest BCUT2D eigenvalue weighted by Gasteiger charge is -2.09. The second kappa shape index (κ2) is 6.89. The van der Waals surface area contributed by atoms with Gasteiger partial charge in [-0.05, 0) is 24.6 Å². The summed E-state index contributed by atoms with van der Waals surface area (Å²) in [5.41, 5.74) is 0.588. The first-order valence-electron chi connectivity index (χ1n) is 6.35. The van der Waals surface area contributed by atoms with E-state index >= 15 is 0 Å². The summed E-state index contributed by atoms with van der Waals surface area (Å²) in [5, 5.41) is 3.16. The largest absolute Gasteiger partial charge is 0.495 e. The van der Waals surface area contributed by atoms with E-state index in [1.807, 2.05) is 0 Å². The van der Waals surface area contributed by atoms with Gasteiger partial charge in [-0.25, -0.2) is 8.42 Å². The number of rotatable bonds is 5. The second-order valence-corrected chi connectivity index (χ2v) is 8.66. The quantitative estimate of drug-likeness (QED) is 0.882. The van der Waals surface area contributed by atoms with Crippen molar-refractivity contribution in [2.45, 2.75) is 11.7 Å². The van der Waals surface area contributed by atoms with E-state index < -0.39 is 9.84 Å². The maximum Gasteiger partial charge on any atom is 0.234 e. The lowest BCUT2D eigenvalue weighted by molar-refractivity contribution is -0.113. The Morgan fingerprint density at radius 1 is 1.52 bits per heavy atom. The molecular formula is C13H16ClNO4S2. The third kappa shape index (κ3) is 4.79. The van der Waals surface area contributed by atoms with Crippen molar-refractivity contribution >= 4 is 44.8 Å². The van der Waals surface area contributed by atoms with E-state index in [2.05, 4.69) is 5.32 Å². The van der Waals surface area contributed by atoms with Crippen LogP contribution < -0.4 is 10.1 Å². The highest BCUT2D eigenvalue weighted by Crippen LogP contribution is 2.28. The maximum absolute atomic E-state index is 11.8. The number of hydrogen-bond acceptors (Lipinski definition) is 5. The first kappa shape index (κ1) is 16.5. The van der Waals surface area contributed by atoms with Crippen molar-refractivity contribution in [3.05, 3.63) is 23.2 Å². The molecule has 0 aromatic heterocycles. The van der Waals surface area contributed by atoms with Gasteiger partial charge >= 0.3 is 0 Å². The summed E-state index contributed by atoms with van der Waals surface area (Å²) in [4.78, 5) is 11.8. The van der Waals surface area contributed by atoms with Crippen molar-refractivity contribution in [2.24, 2.45) is 0 Å². The monoisotopic (exact) mass is 349 g/mol. The second-order valence-electron chi connectivity index (χ2n) is 4.73. The number of sulfone groups is 1. The molecule has 1 atom stereocenters. The molecule has 1 fully saturated rings. The molecule has 8 heteroatoms. The van der Waals surface area contributed by atoms with Crippen LogP contribution in [0.4, 0.5) is 5.69 Å². The van der Waals surface area contributed by atoms with Crippen molar-refractivity contribution in [3.8, 4) is 5.75 Å². The molecule has 2 rings (SSSR count). The number of methoxy groups -OCH3 is 1. The zero-order valence-electron chi connectivity index (χ0n) is 11.5. The van der Waals surface area contributed by atoms with Gasteiger partial charge < -0.3 is 10.1 Å². The van der Waals surface area contributed by atoms with E-state index in [0.717, 1.165) is 0 Å². The predicted octanol–water partition coefficient (Wildman–Crippen LogP) is 2.21. The molecule has 0 bridgehead atoms. The summed E-state index contributed by atoms with van der Waals surface area (Å²) in [7, 11) is -1.38. The molecule has 1 aliphatic rings. The fourth-order valence-electron chi connectivity index (χ4n) is 2.03. The fourth-order valence-corrected chi connectivity index (χ4v) is 5.73. The van der Waals surface area contributed by atoms with Crippen molar-refractivity contribution in [1.29, 1.82) is 0 Å². The Morgan fingerprint density at radius 2 is 2.29 bits per heavy atom. The lowest BCUT2D eigenvalue weighted by atomic mass is 10.3. The van der Waals surface area contributed by atoms with Crippen LogP contribution in [0.15, 0.2) is 18.2 Å². The molecule has 1 aromatic carbocycles. The smallest absolute Gasteiger partial charge is 0.234 e. The lowest BCUT2D eigenvalue weighted by Crippen LogP contribution is -2.17. The predicted molar refractivity (Wildman–Crippen MR) is 86.2 cm³/mol. The number of ether oxygens (including phenoxy) is 1. The number of benzene rings is 1. The summed E-state index contributed by atoms with van der Waals surface area (Å²) in [6.07, 6.45) is 0.620. The third-order valence-corrected chi connectivity index (χ3v) is 6.65. The topological polar surface area (TPSA) is 72.5 Å². The number of hydrogen-bond donors (Lipinski definition) is 1. The van der Waals surface area contributed by atoms with E-state index in [0.29, 0.717) is 22.9 Å². The molecule has 0 aliphatic carbocycles. The molecule has 1 saturated heterocycles. The summed E-state index contributed by atoms with van der Waals surface area (Å²) in [6, 6.07) is 4.99. The average Bonchev–Trinajstić information content (AvgIpc) is 2.76. The minimum absolute atomic E-state index is 0.0141. The first-order valence-corrected chi connectivity index (χ1v) is 9.60. The molecule has 0 unspecified atom stereocenters. The molecule has 1 N–H and O–H groups in total. The number of carbonyl (C=O) groups excluding carboxylic acids is 1. The Kier molecular flexibility index (Phi) is 5.40. The van der Waals surface area contributed by atoms with Gasteiger partial charge in [0.1, 0.15) is 5.75 Å². The Bertz CT molecular complexity index is 633. The summed E-state index contributed by atoms with van der Waals surface area (Å²) < 4.78 is 27.7. The van der Waals surface area contributed by atoms with Gasteiger partial charge in [0.2, 0.25) is 5.91 Å². The summed E-state index contributed by atoms with van der Waals surface area (Å²) in [6.45, 7) is 0. The number of thioether (sulfide) groups is 1. The Morgan fingerprint density at radius 3 is 2.86 bits per heavy atom. The molecular weight excluding hydrogens is 334 g/mol. The van der Waals surface area contributed by atoms with Crippen molar-refractivity contribution in [3.63, 3.8) is 0 Å². The van der Waals surface area contributed by atoms with Crippen LogP contribution in [0.2, 0.25) is 5.02 Å². The van der Waals surface area contributed by atoms with Gasteiger partial charge in [0.05, 0.1) is 29.4 Å². The Balaban J connectivity index is 1.83. The maximum atomic E-state index is 11.8. The van der Waals surface area contributed by atoms with Crippen molar-refractivity contribution < 1.29 is 17.9 Å². The number of anilines is 1. The third-order valence-electron chi connectivity index (χ3n) is 3.08. The zero-order valence-corrected chi connectivity index (χ0v) is 13.9. The van der Waals surface area contributed by atoms with Crippen LogP contribution in [0, 0.1) is 0 Å². The molecule has 1 aromatic rings. The van der Waals surface area contributed by atoms with E-state index in [1.165, 1.54) is 18.9 Å². The van der Waals surface area contributed by atoms with Gasteiger partial charge in [0.25, 0.3) is 0 Å². The fraction of sp³-hybridized carbons (Fsp3) is 0.462. The Labute approximate surface area is 133 Å². The summed E-state index contributed by atoms with van der Waals surface area (Å²) in [5.74, 6) is 0.981. The van der Waals surface area contributed by atoms with Crippen LogP contribution in [0.1, 0.15) is 6.42 Å². The molecule has 0 saturated carbocycles. The number of carbonyl (C=O) groups is 1. The van der Waals surface area contributed by atoms with Crippen LogP contribution in [-0.2, 0) is 14.6 Å². The number of amides is 1. The van der Waals surface area contributed by atoms with Gasteiger partial charge in [0.15, 0.2) is 9.84 Å².